The lowest BCUT2D eigenvalue weighted by molar-refractivity contribution is -0.121. The van der Waals surface area contributed by atoms with Crippen molar-refractivity contribution in [2.75, 3.05) is 51.5 Å². The van der Waals surface area contributed by atoms with Crippen LogP contribution in [0.4, 0.5) is 11.4 Å². The second-order valence-electron chi connectivity index (χ2n) is 7.74. The van der Waals surface area contributed by atoms with Gasteiger partial charge in [-0.25, -0.2) is 4.99 Å². The van der Waals surface area contributed by atoms with Crippen LogP contribution in [-0.2, 0) is 9.53 Å². The fraction of sp³-hybridized carbons (Fsp3) is 0.308. The molecule has 0 aromatic heterocycles. The Morgan fingerprint density at radius 3 is 2.66 bits per heavy atom. The molecule has 2 heterocycles. The van der Waals surface area contributed by atoms with E-state index in [4.69, 9.17) is 25.6 Å². The van der Waals surface area contributed by atoms with Crippen molar-refractivity contribution in [2.45, 2.75) is 6.92 Å². The summed E-state index contributed by atoms with van der Waals surface area (Å²) in [6.07, 6.45) is 7.19. The zero-order chi connectivity index (χ0) is 24.8. The minimum atomic E-state index is -0.0979. The van der Waals surface area contributed by atoms with Gasteiger partial charge in [0.2, 0.25) is 0 Å². The lowest BCUT2D eigenvalue weighted by Crippen LogP contribution is -2.36. The first-order valence-corrected chi connectivity index (χ1v) is 13.1. The molecule has 7 nitrogen and oxygen atoms in total. The highest BCUT2D eigenvalue weighted by Crippen LogP contribution is 2.38. The third kappa shape index (κ3) is 6.12. The molecule has 0 unspecified atom stereocenters. The smallest absolute Gasteiger partial charge is 0.266 e. The molecule has 182 valence electrons. The number of carbonyl (C=O) groups excluding carboxylic acids is 1. The summed E-state index contributed by atoms with van der Waals surface area (Å²) in [5, 5.41) is 0.633. The quantitative estimate of drug-likeness (QED) is 0.258. The Kier molecular flexibility index (Phi) is 8.59. The van der Waals surface area contributed by atoms with Gasteiger partial charge in [-0.3, -0.25) is 9.69 Å². The molecule has 0 bridgehead atoms. The molecule has 0 spiro atoms. The van der Waals surface area contributed by atoms with Crippen LogP contribution in [0, 0.1) is 15.9 Å². The van der Waals surface area contributed by atoms with E-state index in [0.717, 1.165) is 46.8 Å². The van der Waals surface area contributed by atoms with Gasteiger partial charge in [-0.1, -0.05) is 5.92 Å². The number of amides is 1. The molecule has 0 N–H and O–H groups in total. The summed E-state index contributed by atoms with van der Waals surface area (Å²) in [5.74, 6) is 3.58. The molecule has 2 aliphatic heterocycles. The molecule has 4 rings (SSSR count). The summed E-state index contributed by atoms with van der Waals surface area (Å²) in [6, 6.07) is 11.9. The predicted octanol–water partition coefficient (Wildman–Crippen LogP) is 4.77. The standard InChI is InChI=1S/C26H26IN3O4S/c1-4-12-34-24-21(27)15-18(16-22(24)33-5-2)17-23-25(31)29(3)26(35-23)28-19-6-8-20(9-7-19)30-10-13-32-14-11-30/h1,6-9,15-17H,5,10-14H2,2-3H3/b23-17-,28-26?. The Morgan fingerprint density at radius 2 is 1.97 bits per heavy atom. The maximum Gasteiger partial charge on any atom is 0.266 e. The van der Waals surface area contributed by atoms with Gasteiger partial charge in [0.1, 0.15) is 6.61 Å². The summed E-state index contributed by atoms with van der Waals surface area (Å²) in [5.41, 5.74) is 2.79. The van der Waals surface area contributed by atoms with Crippen LogP contribution < -0.4 is 14.4 Å². The Hall–Kier alpha value is -2.68. The van der Waals surface area contributed by atoms with Crippen molar-refractivity contribution in [3.05, 3.63) is 50.4 Å². The number of carbonyl (C=O) groups is 1. The van der Waals surface area contributed by atoms with E-state index in [1.165, 1.54) is 11.8 Å². The number of likely N-dealkylation sites (N-methyl/N-ethyl adjacent to an activating group) is 1. The fourth-order valence-electron chi connectivity index (χ4n) is 3.66. The van der Waals surface area contributed by atoms with Crippen molar-refractivity contribution < 1.29 is 19.0 Å². The van der Waals surface area contributed by atoms with E-state index in [-0.39, 0.29) is 12.5 Å². The molecule has 35 heavy (non-hydrogen) atoms. The largest absolute Gasteiger partial charge is 0.490 e. The first-order chi connectivity index (χ1) is 17.0. The van der Waals surface area contributed by atoms with Crippen LogP contribution in [0.1, 0.15) is 12.5 Å². The molecule has 2 aromatic carbocycles. The zero-order valence-corrected chi connectivity index (χ0v) is 22.6. The second-order valence-corrected chi connectivity index (χ2v) is 9.91. The highest BCUT2D eigenvalue weighted by Gasteiger charge is 2.30. The normalized spacial score (nSPS) is 18.3. The molecule has 0 radical (unpaired) electrons. The van der Waals surface area contributed by atoms with Crippen LogP contribution in [0.15, 0.2) is 46.3 Å². The third-order valence-corrected chi connectivity index (χ3v) is 7.24. The summed E-state index contributed by atoms with van der Waals surface area (Å²) in [6.45, 7) is 5.81. The lowest BCUT2D eigenvalue weighted by atomic mass is 10.2. The van der Waals surface area contributed by atoms with Crippen molar-refractivity contribution in [3.8, 4) is 23.8 Å². The Morgan fingerprint density at radius 1 is 1.23 bits per heavy atom. The summed E-state index contributed by atoms with van der Waals surface area (Å²) >= 11 is 3.54. The maximum atomic E-state index is 12.9. The van der Waals surface area contributed by atoms with Crippen LogP contribution in [-0.4, -0.2) is 62.5 Å². The van der Waals surface area contributed by atoms with E-state index in [1.54, 1.807) is 11.9 Å². The molecule has 9 heteroatoms. The Labute approximate surface area is 223 Å². The minimum absolute atomic E-state index is 0.0979. The van der Waals surface area contributed by atoms with Gasteiger partial charge in [0.15, 0.2) is 16.7 Å². The molecule has 2 saturated heterocycles. The second kappa shape index (κ2) is 11.8. The highest BCUT2D eigenvalue weighted by atomic mass is 127. The van der Waals surface area contributed by atoms with Gasteiger partial charge < -0.3 is 19.1 Å². The number of benzene rings is 2. The molecule has 0 atom stereocenters. The molecule has 0 aliphatic carbocycles. The number of hydrogen-bond acceptors (Lipinski definition) is 7. The number of halogens is 1. The van der Waals surface area contributed by atoms with E-state index in [2.05, 4.69) is 45.5 Å². The molecule has 0 saturated carbocycles. The predicted molar refractivity (Wildman–Crippen MR) is 150 cm³/mol. The van der Waals surface area contributed by atoms with E-state index in [9.17, 15) is 4.79 Å². The number of amidine groups is 1. The van der Waals surface area contributed by atoms with Crippen molar-refractivity contribution in [1.82, 2.24) is 4.90 Å². The molecule has 1 amide bonds. The van der Waals surface area contributed by atoms with Crippen molar-refractivity contribution in [2.24, 2.45) is 4.99 Å². The van der Waals surface area contributed by atoms with Crippen molar-refractivity contribution in [3.63, 3.8) is 0 Å². The zero-order valence-electron chi connectivity index (χ0n) is 19.6. The van der Waals surface area contributed by atoms with Gasteiger partial charge in [-0.2, -0.15) is 0 Å². The van der Waals surface area contributed by atoms with Gasteiger partial charge >= 0.3 is 0 Å². The number of nitrogens with zero attached hydrogens (tertiary/aromatic N) is 3. The van der Waals surface area contributed by atoms with E-state index in [0.29, 0.717) is 28.2 Å². The van der Waals surface area contributed by atoms with Crippen LogP contribution in [0.3, 0.4) is 0 Å². The Balaban J connectivity index is 1.54. The minimum Gasteiger partial charge on any atom is -0.490 e. The van der Waals surface area contributed by atoms with Crippen molar-refractivity contribution >= 4 is 62.9 Å². The van der Waals surface area contributed by atoms with Gasteiger partial charge in [0.05, 0.1) is 34.0 Å². The summed E-state index contributed by atoms with van der Waals surface area (Å²) < 4.78 is 17.7. The fourth-order valence-corrected chi connectivity index (χ4v) is 5.43. The number of anilines is 1. The van der Waals surface area contributed by atoms with Crippen molar-refractivity contribution in [1.29, 1.82) is 0 Å². The van der Waals surface area contributed by atoms with Crippen LogP contribution in [0.5, 0.6) is 11.5 Å². The first kappa shape index (κ1) is 25.4. The number of hydrogen-bond donors (Lipinski definition) is 0. The Bertz CT molecular complexity index is 1180. The number of morpholine rings is 1. The number of ether oxygens (including phenoxy) is 3. The summed E-state index contributed by atoms with van der Waals surface area (Å²) in [4.78, 5) is 22.1. The molecular weight excluding hydrogens is 577 g/mol. The monoisotopic (exact) mass is 603 g/mol. The van der Waals surface area contributed by atoms with E-state index in [1.807, 2.05) is 37.3 Å². The highest BCUT2D eigenvalue weighted by molar-refractivity contribution is 14.1. The van der Waals surface area contributed by atoms with E-state index < -0.39 is 0 Å². The first-order valence-electron chi connectivity index (χ1n) is 11.2. The third-order valence-electron chi connectivity index (χ3n) is 5.38. The number of aliphatic imine (C=N–C) groups is 1. The van der Waals surface area contributed by atoms with Crippen LogP contribution >= 0.6 is 34.4 Å². The van der Waals surface area contributed by atoms with Gasteiger partial charge in [-0.15, -0.1) is 6.42 Å². The van der Waals surface area contributed by atoms with E-state index >= 15 is 0 Å². The molecule has 2 aliphatic rings. The van der Waals surface area contributed by atoms with Gasteiger partial charge in [0.25, 0.3) is 5.91 Å². The average Bonchev–Trinajstić information content (AvgIpc) is 3.12. The number of terminal acetylenes is 1. The molecule has 2 fully saturated rings. The molecular formula is C26H26IN3O4S. The number of thioether (sulfide) groups is 1. The molecule has 2 aromatic rings. The SMILES string of the molecule is C#CCOc1c(I)cc(/C=C2\SC(=Nc3ccc(N4CCOCC4)cc3)N(C)C2=O)cc1OCC. The van der Waals surface area contributed by atoms with Gasteiger partial charge in [-0.05, 0) is 89.3 Å². The number of rotatable bonds is 7. The maximum absolute atomic E-state index is 12.9. The van der Waals surface area contributed by atoms with Crippen LogP contribution in [0.25, 0.3) is 6.08 Å². The van der Waals surface area contributed by atoms with Gasteiger partial charge in [0, 0.05) is 25.8 Å². The summed E-state index contributed by atoms with van der Waals surface area (Å²) in [7, 11) is 1.74. The average molecular weight is 603 g/mol. The van der Waals surface area contributed by atoms with Crippen LogP contribution in [0.2, 0.25) is 0 Å². The lowest BCUT2D eigenvalue weighted by Gasteiger charge is -2.28. The topological polar surface area (TPSA) is 63.6 Å².